The maximum atomic E-state index is 12.2. The monoisotopic (exact) mass is 305 g/mol. The van der Waals surface area contributed by atoms with Gasteiger partial charge in [-0.05, 0) is 49.2 Å². The summed E-state index contributed by atoms with van der Waals surface area (Å²) in [6, 6.07) is 10.5. The molecule has 0 atom stereocenters. The molecule has 6 heteroatoms. The Morgan fingerprint density at radius 2 is 1.76 bits per heavy atom. The van der Waals surface area contributed by atoms with Crippen LogP contribution in [0.25, 0.3) is 0 Å². The molecule has 0 saturated carbocycles. The first-order chi connectivity index (χ1) is 10.0. The van der Waals surface area contributed by atoms with E-state index in [-0.39, 0.29) is 11.4 Å². The van der Waals surface area contributed by atoms with E-state index < -0.39 is 10.0 Å². The van der Waals surface area contributed by atoms with E-state index in [1.807, 2.05) is 19.1 Å². The topological polar surface area (TPSA) is 85.1 Å². The number of sulfonamides is 1. The summed E-state index contributed by atoms with van der Waals surface area (Å²) in [7, 11) is -3.51. The minimum Gasteiger partial charge on any atom is -0.330 e. The number of nitrogens with two attached hydrogens (primary N) is 1. The van der Waals surface area contributed by atoms with Crippen molar-refractivity contribution in [2.45, 2.75) is 24.8 Å². The second-order valence-corrected chi connectivity index (χ2v) is 6.58. The molecule has 0 aliphatic rings. The molecule has 5 nitrogen and oxygen atoms in total. The molecule has 2 aromatic rings. The smallest absolute Gasteiger partial charge is 0.240 e. The lowest BCUT2D eigenvalue weighted by Crippen LogP contribution is -2.23. The second-order valence-electron chi connectivity index (χ2n) is 4.82. The van der Waals surface area contributed by atoms with Crippen molar-refractivity contribution < 1.29 is 8.42 Å². The van der Waals surface area contributed by atoms with Crippen LogP contribution in [0.4, 0.5) is 0 Å². The maximum absolute atomic E-state index is 12.2. The summed E-state index contributed by atoms with van der Waals surface area (Å²) in [6.45, 7) is 2.65. The molecule has 21 heavy (non-hydrogen) atoms. The fraction of sp³-hybridized carbons (Fsp3) is 0.267. The van der Waals surface area contributed by atoms with E-state index in [9.17, 15) is 8.42 Å². The Balaban J connectivity index is 2.05. The van der Waals surface area contributed by atoms with Crippen LogP contribution in [-0.4, -0.2) is 19.9 Å². The second kappa shape index (κ2) is 6.80. The van der Waals surface area contributed by atoms with E-state index >= 15 is 0 Å². The van der Waals surface area contributed by atoms with Crippen LogP contribution in [0.15, 0.2) is 47.5 Å². The molecule has 0 spiro atoms. The summed E-state index contributed by atoms with van der Waals surface area (Å²) in [6.07, 6.45) is 2.41. The number of hydrogen-bond acceptors (Lipinski definition) is 4. The van der Waals surface area contributed by atoms with E-state index in [0.717, 1.165) is 23.2 Å². The van der Waals surface area contributed by atoms with Gasteiger partial charge in [-0.3, -0.25) is 4.98 Å². The molecule has 1 heterocycles. The van der Waals surface area contributed by atoms with Gasteiger partial charge in [-0.25, -0.2) is 13.1 Å². The predicted molar refractivity (Wildman–Crippen MR) is 82.2 cm³/mol. The summed E-state index contributed by atoms with van der Waals surface area (Å²) >= 11 is 0. The van der Waals surface area contributed by atoms with Gasteiger partial charge in [0.2, 0.25) is 10.0 Å². The number of nitrogens with zero attached hydrogens (tertiary/aromatic N) is 1. The minimum atomic E-state index is -3.51. The standard InChI is InChI=1S/C15H19N3O2S/c1-12-2-3-14(10-17-12)11-18-21(19,20)15-6-4-13(5-7-15)8-9-16/h2-7,10,18H,8-9,11,16H2,1H3. The van der Waals surface area contributed by atoms with Crippen molar-refractivity contribution in [2.75, 3.05) is 6.54 Å². The van der Waals surface area contributed by atoms with Crippen LogP contribution in [0.2, 0.25) is 0 Å². The predicted octanol–water partition coefficient (Wildman–Crippen LogP) is 1.37. The number of rotatable bonds is 6. The average Bonchev–Trinajstić information content (AvgIpc) is 2.48. The highest BCUT2D eigenvalue weighted by Gasteiger charge is 2.13. The summed E-state index contributed by atoms with van der Waals surface area (Å²) in [5.74, 6) is 0. The van der Waals surface area contributed by atoms with Crippen LogP contribution in [0, 0.1) is 6.92 Å². The minimum absolute atomic E-state index is 0.222. The van der Waals surface area contributed by atoms with Gasteiger partial charge in [0, 0.05) is 18.4 Å². The van der Waals surface area contributed by atoms with Gasteiger partial charge in [0.15, 0.2) is 0 Å². The van der Waals surface area contributed by atoms with Crippen molar-refractivity contribution >= 4 is 10.0 Å². The Labute approximate surface area is 125 Å². The van der Waals surface area contributed by atoms with Gasteiger partial charge in [0.25, 0.3) is 0 Å². The molecule has 0 fully saturated rings. The Morgan fingerprint density at radius 1 is 1.10 bits per heavy atom. The third-order valence-electron chi connectivity index (χ3n) is 3.11. The third kappa shape index (κ3) is 4.35. The van der Waals surface area contributed by atoms with E-state index in [1.165, 1.54) is 0 Å². The fourth-order valence-corrected chi connectivity index (χ4v) is 2.88. The van der Waals surface area contributed by atoms with Crippen molar-refractivity contribution in [1.82, 2.24) is 9.71 Å². The van der Waals surface area contributed by atoms with E-state index in [4.69, 9.17) is 5.73 Å². The van der Waals surface area contributed by atoms with E-state index in [2.05, 4.69) is 9.71 Å². The largest absolute Gasteiger partial charge is 0.330 e. The fourth-order valence-electron chi connectivity index (χ4n) is 1.87. The van der Waals surface area contributed by atoms with Crippen molar-refractivity contribution in [3.05, 3.63) is 59.4 Å². The average molecular weight is 305 g/mol. The number of pyridine rings is 1. The molecule has 2 rings (SSSR count). The molecule has 0 radical (unpaired) electrons. The quantitative estimate of drug-likeness (QED) is 0.844. The molecule has 0 saturated heterocycles. The molecular weight excluding hydrogens is 286 g/mol. The summed E-state index contributed by atoms with van der Waals surface area (Å²) in [4.78, 5) is 4.39. The zero-order valence-electron chi connectivity index (χ0n) is 11.9. The first-order valence-corrected chi connectivity index (χ1v) is 8.20. The molecule has 1 aromatic carbocycles. The first kappa shape index (κ1) is 15.6. The molecule has 0 aliphatic carbocycles. The molecule has 0 amide bonds. The molecule has 0 aliphatic heterocycles. The first-order valence-electron chi connectivity index (χ1n) is 6.71. The van der Waals surface area contributed by atoms with Gasteiger partial charge >= 0.3 is 0 Å². The van der Waals surface area contributed by atoms with Crippen molar-refractivity contribution in [2.24, 2.45) is 5.73 Å². The van der Waals surface area contributed by atoms with Crippen LogP contribution in [0.5, 0.6) is 0 Å². The van der Waals surface area contributed by atoms with Gasteiger partial charge in [0.1, 0.15) is 0 Å². The zero-order chi connectivity index (χ0) is 15.3. The highest BCUT2D eigenvalue weighted by Crippen LogP contribution is 2.11. The van der Waals surface area contributed by atoms with Crippen molar-refractivity contribution in [3.8, 4) is 0 Å². The third-order valence-corrected chi connectivity index (χ3v) is 4.52. The van der Waals surface area contributed by atoms with E-state index in [1.54, 1.807) is 30.5 Å². The number of aromatic nitrogens is 1. The lowest BCUT2D eigenvalue weighted by atomic mass is 10.2. The highest BCUT2D eigenvalue weighted by atomic mass is 32.2. The van der Waals surface area contributed by atoms with Crippen molar-refractivity contribution in [3.63, 3.8) is 0 Å². The number of aryl methyl sites for hydroxylation is 1. The van der Waals surface area contributed by atoms with Crippen LogP contribution in [0.1, 0.15) is 16.8 Å². The lowest BCUT2D eigenvalue weighted by Gasteiger charge is -2.08. The van der Waals surface area contributed by atoms with E-state index in [0.29, 0.717) is 6.54 Å². The Hall–Kier alpha value is -1.76. The summed E-state index contributed by atoms with van der Waals surface area (Å²) < 4.78 is 26.9. The van der Waals surface area contributed by atoms with Gasteiger partial charge in [0.05, 0.1) is 4.90 Å². The van der Waals surface area contributed by atoms with Gasteiger partial charge in [-0.2, -0.15) is 0 Å². The SMILES string of the molecule is Cc1ccc(CNS(=O)(=O)c2ccc(CCN)cc2)cn1. The summed E-state index contributed by atoms with van der Waals surface area (Å²) in [5.41, 5.74) is 8.22. The normalized spacial score (nSPS) is 11.5. The molecule has 1 aromatic heterocycles. The van der Waals surface area contributed by atoms with Crippen LogP contribution >= 0.6 is 0 Å². The lowest BCUT2D eigenvalue weighted by molar-refractivity contribution is 0.581. The molecular formula is C15H19N3O2S. The maximum Gasteiger partial charge on any atom is 0.240 e. The van der Waals surface area contributed by atoms with Gasteiger partial charge in [-0.1, -0.05) is 18.2 Å². The van der Waals surface area contributed by atoms with Gasteiger partial charge < -0.3 is 5.73 Å². The van der Waals surface area contributed by atoms with Crippen LogP contribution < -0.4 is 10.5 Å². The number of nitrogens with one attached hydrogen (secondary N) is 1. The molecule has 3 N–H and O–H groups in total. The molecule has 0 bridgehead atoms. The van der Waals surface area contributed by atoms with Gasteiger partial charge in [-0.15, -0.1) is 0 Å². The molecule has 112 valence electrons. The summed E-state index contributed by atoms with van der Waals surface area (Å²) in [5, 5.41) is 0. The number of benzene rings is 1. The Morgan fingerprint density at radius 3 is 2.33 bits per heavy atom. The van der Waals surface area contributed by atoms with Crippen molar-refractivity contribution in [1.29, 1.82) is 0 Å². The molecule has 0 unspecified atom stereocenters. The Bertz CT molecular complexity index is 680. The number of hydrogen-bond donors (Lipinski definition) is 2. The Kier molecular flexibility index (Phi) is 5.06. The van der Waals surface area contributed by atoms with Crippen LogP contribution in [0.3, 0.4) is 0 Å². The highest BCUT2D eigenvalue weighted by molar-refractivity contribution is 7.89. The zero-order valence-corrected chi connectivity index (χ0v) is 12.7. The van der Waals surface area contributed by atoms with Crippen LogP contribution in [-0.2, 0) is 23.0 Å².